The predicted octanol–water partition coefficient (Wildman–Crippen LogP) is 4.02. The summed E-state index contributed by atoms with van der Waals surface area (Å²) in [6, 6.07) is 2.76. The molecule has 1 aromatic carbocycles. The monoisotopic (exact) mass is 355 g/mol. The number of aliphatic carboxylic acids is 1. The Hall–Kier alpha value is -2.72. The van der Waals surface area contributed by atoms with E-state index >= 15 is 0 Å². The fourth-order valence-electron chi connectivity index (χ4n) is 2.82. The van der Waals surface area contributed by atoms with E-state index in [0.29, 0.717) is 23.5 Å². The molecule has 1 fully saturated rings. The van der Waals surface area contributed by atoms with Crippen LogP contribution in [0.15, 0.2) is 54.5 Å². The first kappa shape index (κ1) is 11.1. The van der Waals surface area contributed by atoms with Crippen molar-refractivity contribution >= 4 is 17.6 Å². The highest BCUT2D eigenvalue weighted by atomic mass is 16.4. The van der Waals surface area contributed by atoms with Crippen LogP contribution < -0.4 is 0 Å². The molecule has 4 heteroatoms. The van der Waals surface area contributed by atoms with Gasteiger partial charge in [0.15, 0.2) is 0 Å². The average molecular weight is 355 g/mol. The van der Waals surface area contributed by atoms with Crippen LogP contribution in [0.25, 0.3) is 11.6 Å². The third kappa shape index (κ3) is 4.90. The molecule has 0 saturated carbocycles. The van der Waals surface area contributed by atoms with Crippen molar-refractivity contribution in [1.29, 1.82) is 0 Å². The third-order valence-electron chi connectivity index (χ3n) is 4.09. The van der Waals surface area contributed by atoms with Crippen molar-refractivity contribution in [3.63, 3.8) is 0 Å². The minimum absolute atomic E-state index is 0.0379. The summed E-state index contributed by atoms with van der Waals surface area (Å²) in [4.78, 5) is 17.5. The van der Waals surface area contributed by atoms with Crippen LogP contribution in [0.2, 0.25) is 0 Å². The number of carboxylic acid groups (broad SMARTS) is 1. The van der Waals surface area contributed by atoms with Crippen LogP contribution in [0.5, 0.6) is 0 Å². The second kappa shape index (κ2) is 8.59. The van der Waals surface area contributed by atoms with Gasteiger partial charge in [-0.3, -0.25) is 4.90 Å². The van der Waals surface area contributed by atoms with Gasteiger partial charge in [0.25, 0.3) is 0 Å². The van der Waals surface area contributed by atoms with Gasteiger partial charge in [-0.1, -0.05) is 41.9 Å². The SMILES string of the molecule is [2H]c1c([2H])c(C([2H])([2H])[2H])c([2H])c([2H])c1/C(=C\CN1CCCC1)c1cccc(/C=C/C(=O)O)n1. The molecule has 4 nitrogen and oxygen atoms in total. The molecular formula is C22H24N2O2. The molecule has 1 aliphatic heterocycles. The maximum atomic E-state index is 10.9. The first-order valence-electron chi connectivity index (χ1n) is 11.9. The number of carbonyl (C=O) groups is 1. The number of pyridine rings is 1. The average Bonchev–Trinajstić information content (AvgIpc) is 3.26. The molecule has 0 atom stereocenters. The van der Waals surface area contributed by atoms with E-state index in [0.717, 1.165) is 32.0 Å². The Morgan fingerprint density at radius 2 is 2.08 bits per heavy atom. The van der Waals surface area contributed by atoms with Crippen LogP contribution in [0.3, 0.4) is 0 Å². The van der Waals surface area contributed by atoms with Crippen LogP contribution in [0.1, 0.15) is 45.0 Å². The van der Waals surface area contributed by atoms with Gasteiger partial charge in [0.05, 0.1) is 16.9 Å². The van der Waals surface area contributed by atoms with E-state index in [1.807, 2.05) is 0 Å². The molecule has 2 heterocycles. The molecule has 0 radical (unpaired) electrons. The summed E-state index contributed by atoms with van der Waals surface area (Å²) in [6.07, 6.45) is 6.16. The summed E-state index contributed by atoms with van der Waals surface area (Å²) in [5.41, 5.74) is 0.359. The first-order chi connectivity index (χ1) is 15.5. The smallest absolute Gasteiger partial charge is 0.328 e. The lowest BCUT2D eigenvalue weighted by Gasteiger charge is -2.14. The molecule has 1 aromatic heterocycles. The van der Waals surface area contributed by atoms with Crippen LogP contribution in [0, 0.1) is 6.85 Å². The molecule has 134 valence electrons. The van der Waals surface area contributed by atoms with E-state index in [4.69, 9.17) is 14.7 Å². The molecule has 2 aromatic rings. The van der Waals surface area contributed by atoms with E-state index in [1.54, 1.807) is 24.3 Å². The molecule has 0 aliphatic carbocycles. The second-order valence-electron chi connectivity index (χ2n) is 5.99. The molecule has 0 unspecified atom stereocenters. The number of hydrogen-bond acceptors (Lipinski definition) is 3. The molecule has 0 amide bonds. The summed E-state index contributed by atoms with van der Waals surface area (Å²) in [5.74, 6) is -1.13. The molecule has 1 saturated heterocycles. The molecular weight excluding hydrogens is 324 g/mol. The standard InChI is InChI=1S/C22H24N2O2/c1-17-7-9-18(10-8-17)20(13-16-24-14-2-3-15-24)21-6-4-5-19(23-21)11-12-22(25)26/h4-13H,2-3,14-16H2,1H3,(H,25,26)/b12-11+,20-13+/i1D3,7D,8D,9D,10D. The lowest BCUT2D eigenvalue weighted by molar-refractivity contribution is -0.131. The molecule has 3 rings (SSSR count). The minimum Gasteiger partial charge on any atom is -0.478 e. The number of carboxylic acids is 1. The van der Waals surface area contributed by atoms with Crippen LogP contribution in [-0.2, 0) is 4.79 Å². The van der Waals surface area contributed by atoms with Gasteiger partial charge in [0, 0.05) is 22.3 Å². The molecule has 0 spiro atoms. The Morgan fingerprint density at radius 1 is 1.31 bits per heavy atom. The van der Waals surface area contributed by atoms with Gasteiger partial charge >= 0.3 is 5.97 Å². The van der Waals surface area contributed by atoms with E-state index in [9.17, 15) is 4.79 Å². The van der Waals surface area contributed by atoms with Gasteiger partial charge in [-0.25, -0.2) is 9.78 Å². The summed E-state index contributed by atoms with van der Waals surface area (Å²) in [5, 5.41) is 8.89. The van der Waals surface area contributed by atoms with Crippen LogP contribution in [-0.4, -0.2) is 40.6 Å². The fraction of sp³-hybridized carbons (Fsp3) is 0.273. The molecule has 26 heavy (non-hydrogen) atoms. The number of rotatable bonds is 6. The zero-order chi connectivity index (χ0) is 24.3. The highest BCUT2D eigenvalue weighted by Crippen LogP contribution is 2.23. The number of benzene rings is 1. The number of hydrogen-bond donors (Lipinski definition) is 1. The Kier molecular flexibility index (Phi) is 3.66. The summed E-state index contributed by atoms with van der Waals surface area (Å²) < 4.78 is 56.4. The molecule has 1 aliphatic rings. The van der Waals surface area contributed by atoms with E-state index in [-0.39, 0.29) is 5.56 Å². The largest absolute Gasteiger partial charge is 0.478 e. The van der Waals surface area contributed by atoms with Crippen molar-refractivity contribution in [3.05, 3.63) is 77.0 Å². The first-order valence-corrected chi connectivity index (χ1v) is 8.43. The number of nitrogens with zero attached hydrogens (tertiary/aromatic N) is 2. The Bertz CT molecular complexity index is 1090. The number of aromatic nitrogens is 1. The lowest BCUT2D eigenvalue weighted by Crippen LogP contribution is -2.19. The van der Waals surface area contributed by atoms with Gasteiger partial charge in [-0.15, -0.1) is 0 Å². The Morgan fingerprint density at radius 3 is 2.77 bits per heavy atom. The third-order valence-corrected chi connectivity index (χ3v) is 4.09. The second-order valence-corrected chi connectivity index (χ2v) is 5.99. The maximum Gasteiger partial charge on any atom is 0.328 e. The van der Waals surface area contributed by atoms with Crippen molar-refractivity contribution < 1.29 is 19.5 Å². The quantitative estimate of drug-likeness (QED) is 0.795. The van der Waals surface area contributed by atoms with Crippen molar-refractivity contribution in [2.75, 3.05) is 19.6 Å². The summed E-state index contributed by atoms with van der Waals surface area (Å²) in [6.45, 7) is -0.513. The lowest BCUT2D eigenvalue weighted by atomic mass is 10.00. The summed E-state index contributed by atoms with van der Waals surface area (Å²) in [7, 11) is 0. The Balaban J connectivity index is 2.21. The Labute approximate surface area is 164 Å². The molecule has 1 N–H and O–H groups in total. The minimum atomic E-state index is -2.79. The zero-order valence-corrected chi connectivity index (χ0v) is 14.2. The van der Waals surface area contributed by atoms with Crippen molar-refractivity contribution in [1.82, 2.24) is 9.88 Å². The zero-order valence-electron chi connectivity index (χ0n) is 21.2. The van der Waals surface area contributed by atoms with E-state index in [2.05, 4.69) is 9.88 Å². The number of likely N-dealkylation sites (tertiary alicyclic amines) is 1. The van der Waals surface area contributed by atoms with Crippen molar-refractivity contribution in [2.24, 2.45) is 0 Å². The normalized spacial score (nSPS) is 20.0. The topological polar surface area (TPSA) is 53.4 Å². The van der Waals surface area contributed by atoms with Crippen molar-refractivity contribution in [3.8, 4) is 0 Å². The van der Waals surface area contributed by atoms with Crippen LogP contribution >= 0.6 is 0 Å². The highest BCUT2D eigenvalue weighted by Gasteiger charge is 2.12. The fourth-order valence-corrected chi connectivity index (χ4v) is 2.82. The van der Waals surface area contributed by atoms with Gasteiger partial charge in [-0.2, -0.15) is 0 Å². The van der Waals surface area contributed by atoms with Gasteiger partial charge in [0.1, 0.15) is 0 Å². The van der Waals surface area contributed by atoms with E-state index in [1.165, 1.54) is 6.08 Å². The predicted molar refractivity (Wildman–Crippen MR) is 105 cm³/mol. The molecule has 0 bridgehead atoms. The van der Waals surface area contributed by atoms with E-state index < -0.39 is 42.6 Å². The van der Waals surface area contributed by atoms with Gasteiger partial charge in [-0.05, 0) is 56.6 Å². The summed E-state index contributed by atoms with van der Waals surface area (Å²) >= 11 is 0. The van der Waals surface area contributed by atoms with Gasteiger partial charge < -0.3 is 5.11 Å². The maximum absolute atomic E-state index is 10.9. The van der Waals surface area contributed by atoms with Gasteiger partial charge in [0.2, 0.25) is 0 Å². The van der Waals surface area contributed by atoms with Crippen LogP contribution in [0.4, 0.5) is 0 Å². The highest BCUT2D eigenvalue weighted by molar-refractivity contribution is 5.85. The van der Waals surface area contributed by atoms with Crippen molar-refractivity contribution in [2.45, 2.75) is 19.7 Å².